The highest BCUT2D eigenvalue weighted by Gasteiger charge is 2.11. The summed E-state index contributed by atoms with van der Waals surface area (Å²) in [6.45, 7) is 0.376. The average molecular weight is 558 g/mol. The Morgan fingerprint density at radius 1 is 1.17 bits per heavy atom. The molecule has 0 aliphatic carbocycles. The van der Waals surface area contributed by atoms with Crippen molar-refractivity contribution in [1.82, 2.24) is 10.4 Å². The Hall–Kier alpha value is -1.93. The normalized spacial score (nSPS) is 10.9. The second kappa shape index (κ2) is 10.2. The van der Waals surface area contributed by atoms with Gasteiger partial charge in [-0.25, -0.2) is 10.4 Å². The molecule has 1 aromatic heterocycles. The van der Waals surface area contributed by atoms with E-state index in [4.69, 9.17) is 27.9 Å². The number of amides is 1. The zero-order valence-corrected chi connectivity index (χ0v) is 19.4. The minimum atomic E-state index is -0.459. The second-order valence-electron chi connectivity index (χ2n) is 5.77. The number of carbonyl (C=O) groups excluding carboxylic acids is 1. The summed E-state index contributed by atoms with van der Waals surface area (Å²) in [6.07, 6.45) is 2.97. The van der Waals surface area contributed by atoms with Crippen LogP contribution >= 0.6 is 55.1 Å². The highest BCUT2D eigenvalue weighted by atomic mass is 79.9. The lowest BCUT2D eigenvalue weighted by Gasteiger charge is -2.11. The molecule has 29 heavy (non-hydrogen) atoms. The number of hydrazone groups is 1. The lowest BCUT2D eigenvalue weighted by atomic mass is 10.2. The van der Waals surface area contributed by atoms with Gasteiger partial charge >= 0.3 is 0 Å². The minimum Gasteiger partial charge on any atom is -0.486 e. The molecule has 1 N–H and O–H groups in total. The predicted molar refractivity (Wildman–Crippen MR) is 122 cm³/mol. The predicted octanol–water partition coefficient (Wildman–Crippen LogP) is 6.26. The number of pyridine rings is 1. The number of benzene rings is 2. The largest absolute Gasteiger partial charge is 0.486 e. The van der Waals surface area contributed by atoms with Crippen molar-refractivity contribution in [3.8, 4) is 5.75 Å². The summed E-state index contributed by atoms with van der Waals surface area (Å²) in [6, 6.07) is 14.5. The fourth-order valence-electron chi connectivity index (χ4n) is 2.31. The summed E-state index contributed by atoms with van der Waals surface area (Å²) in [5.74, 6) is 0.0666. The van der Waals surface area contributed by atoms with E-state index in [0.29, 0.717) is 27.4 Å². The van der Waals surface area contributed by atoms with Crippen LogP contribution in [0.5, 0.6) is 5.75 Å². The average Bonchev–Trinajstić information content (AvgIpc) is 2.69. The van der Waals surface area contributed by atoms with Crippen LogP contribution in [-0.4, -0.2) is 17.1 Å². The SMILES string of the molecule is O=C(NN=Cc1cc(Cl)c(OCc2ccc(Br)cc2)c(Br)c1)c1cccnc1Cl. The van der Waals surface area contributed by atoms with E-state index < -0.39 is 5.91 Å². The molecular formula is C20H13Br2Cl2N3O2. The lowest BCUT2D eigenvalue weighted by Crippen LogP contribution is -2.18. The quantitative estimate of drug-likeness (QED) is 0.221. The first-order valence-corrected chi connectivity index (χ1v) is 10.6. The van der Waals surface area contributed by atoms with E-state index in [1.165, 1.54) is 12.4 Å². The molecular weight excluding hydrogens is 545 g/mol. The molecule has 0 saturated carbocycles. The molecule has 0 aliphatic rings. The smallest absolute Gasteiger partial charge is 0.274 e. The first-order valence-electron chi connectivity index (χ1n) is 8.24. The third kappa shape index (κ3) is 6.02. The van der Waals surface area contributed by atoms with Crippen LogP contribution in [0.15, 0.2) is 68.8 Å². The standard InChI is InChI=1S/C20H13Br2Cl2N3O2/c21-14-5-3-12(4-6-14)11-29-18-16(22)8-13(9-17(18)23)10-26-27-20(28)15-2-1-7-25-19(15)24/h1-10H,11H2,(H,27,28). The van der Waals surface area contributed by atoms with Crippen LogP contribution in [0, 0.1) is 0 Å². The van der Waals surface area contributed by atoms with Crippen molar-refractivity contribution in [1.29, 1.82) is 0 Å². The Morgan fingerprint density at radius 2 is 1.93 bits per heavy atom. The summed E-state index contributed by atoms with van der Waals surface area (Å²) in [5, 5.41) is 4.46. The van der Waals surface area contributed by atoms with E-state index in [9.17, 15) is 4.79 Å². The number of nitrogens with one attached hydrogen (secondary N) is 1. The van der Waals surface area contributed by atoms with Crippen molar-refractivity contribution >= 4 is 67.2 Å². The van der Waals surface area contributed by atoms with Crippen molar-refractivity contribution in [2.45, 2.75) is 6.61 Å². The molecule has 5 nitrogen and oxygen atoms in total. The van der Waals surface area contributed by atoms with Gasteiger partial charge in [-0.05, 0) is 63.5 Å². The number of halogens is 4. The number of carbonyl (C=O) groups is 1. The maximum atomic E-state index is 12.1. The third-order valence-electron chi connectivity index (χ3n) is 3.70. The van der Waals surface area contributed by atoms with Crippen LogP contribution in [0.25, 0.3) is 0 Å². The Bertz CT molecular complexity index is 1040. The Balaban J connectivity index is 1.65. The minimum absolute atomic E-state index is 0.110. The fraction of sp³-hybridized carbons (Fsp3) is 0.0500. The summed E-state index contributed by atoms with van der Waals surface area (Å²) in [7, 11) is 0. The maximum Gasteiger partial charge on any atom is 0.274 e. The van der Waals surface area contributed by atoms with Crippen molar-refractivity contribution < 1.29 is 9.53 Å². The first-order chi connectivity index (χ1) is 13.9. The van der Waals surface area contributed by atoms with Crippen LogP contribution in [0.2, 0.25) is 10.2 Å². The Kier molecular flexibility index (Phi) is 7.66. The summed E-state index contributed by atoms with van der Waals surface area (Å²) >= 11 is 19.1. The number of ether oxygens (including phenoxy) is 1. The third-order valence-corrected chi connectivity index (χ3v) is 5.40. The number of aromatic nitrogens is 1. The molecule has 0 spiro atoms. The van der Waals surface area contributed by atoms with Gasteiger partial charge in [-0.1, -0.05) is 51.3 Å². The van der Waals surface area contributed by atoms with Gasteiger partial charge in [-0.15, -0.1) is 0 Å². The van der Waals surface area contributed by atoms with Gasteiger partial charge in [-0.2, -0.15) is 5.10 Å². The van der Waals surface area contributed by atoms with E-state index >= 15 is 0 Å². The molecule has 0 atom stereocenters. The highest BCUT2D eigenvalue weighted by molar-refractivity contribution is 9.10. The topological polar surface area (TPSA) is 63.6 Å². The number of hydrogen-bond donors (Lipinski definition) is 1. The zero-order chi connectivity index (χ0) is 20.8. The van der Waals surface area contributed by atoms with Gasteiger partial charge in [0.2, 0.25) is 0 Å². The van der Waals surface area contributed by atoms with Gasteiger partial charge in [0, 0.05) is 10.7 Å². The van der Waals surface area contributed by atoms with Crippen molar-refractivity contribution in [2.24, 2.45) is 5.10 Å². The maximum absolute atomic E-state index is 12.1. The molecule has 0 radical (unpaired) electrons. The van der Waals surface area contributed by atoms with Crippen LogP contribution in [-0.2, 0) is 6.61 Å². The highest BCUT2D eigenvalue weighted by Crippen LogP contribution is 2.34. The molecule has 3 aromatic rings. The van der Waals surface area contributed by atoms with Crippen LogP contribution < -0.4 is 10.2 Å². The summed E-state index contributed by atoms with van der Waals surface area (Å²) in [5.41, 5.74) is 4.33. The molecule has 0 aliphatic heterocycles. The Morgan fingerprint density at radius 3 is 2.62 bits per heavy atom. The number of hydrogen-bond acceptors (Lipinski definition) is 4. The van der Waals surface area contributed by atoms with Crippen LogP contribution in [0.3, 0.4) is 0 Å². The molecule has 0 fully saturated rings. The van der Waals surface area contributed by atoms with Crippen LogP contribution in [0.4, 0.5) is 0 Å². The van der Waals surface area contributed by atoms with E-state index in [0.717, 1.165) is 10.0 Å². The summed E-state index contributed by atoms with van der Waals surface area (Å²) in [4.78, 5) is 15.9. The first kappa shape index (κ1) is 21.8. The molecule has 9 heteroatoms. The molecule has 3 rings (SSSR count). The molecule has 0 bridgehead atoms. The monoisotopic (exact) mass is 555 g/mol. The lowest BCUT2D eigenvalue weighted by molar-refractivity contribution is 0.0955. The van der Waals surface area contributed by atoms with Crippen LogP contribution in [0.1, 0.15) is 21.5 Å². The van der Waals surface area contributed by atoms with Crippen molar-refractivity contribution in [3.05, 3.63) is 90.5 Å². The van der Waals surface area contributed by atoms with Gasteiger partial charge in [0.15, 0.2) is 5.75 Å². The number of rotatable bonds is 6. The van der Waals surface area contributed by atoms with Gasteiger partial charge < -0.3 is 4.74 Å². The van der Waals surface area contributed by atoms with Gasteiger partial charge in [0.25, 0.3) is 5.91 Å². The Labute approximate surface area is 194 Å². The molecule has 1 amide bonds. The molecule has 0 unspecified atom stereocenters. The van der Waals surface area contributed by atoms with E-state index in [-0.39, 0.29) is 10.7 Å². The number of nitrogens with zero attached hydrogens (tertiary/aromatic N) is 2. The van der Waals surface area contributed by atoms with E-state index in [2.05, 4.69) is 47.4 Å². The molecule has 1 heterocycles. The molecule has 148 valence electrons. The van der Waals surface area contributed by atoms with E-state index in [1.807, 2.05) is 24.3 Å². The van der Waals surface area contributed by atoms with Gasteiger partial charge in [0.05, 0.1) is 21.3 Å². The van der Waals surface area contributed by atoms with Gasteiger partial charge in [0.1, 0.15) is 11.8 Å². The molecule has 0 saturated heterocycles. The summed E-state index contributed by atoms with van der Waals surface area (Å²) < 4.78 is 7.51. The van der Waals surface area contributed by atoms with Crippen molar-refractivity contribution in [2.75, 3.05) is 0 Å². The van der Waals surface area contributed by atoms with Crippen molar-refractivity contribution in [3.63, 3.8) is 0 Å². The zero-order valence-electron chi connectivity index (χ0n) is 14.7. The van der Waals surface area contributed by atoms with E-state index in [1.54, 1.807) is 24.3 Å². The molecule has 2 aromatic carbocycles. The second-order valence-corrected chi connectivity index (χ2v) is 8.30. The fourth-order valence-corrected chi connectivity index (χ4v) is 3.77. The van der Waals surface area contributed by atoms with Gasteiger partial charge in [-0.3, -0.25) is 4.79 Å².